The number of hydrogen-bond donors (Lipinski definition) is 2. The standard InChI is InChI=1S/C28H31F4N5O3/c1-16-12-37(13-17(2)35(16)3)25-10-23(29)20(18-4-6-36(7-5-18)19-14-40-15-19)8-24(25)34-27(39)21-11-33-26(38)9-22(21)28(30,31)32/h4,8-11,17,19H,1,5-7,12-15H2,2-3H3,(H,33,38)(H,34,39)/t17-/m0/s1. The van der Waals surface area contributed by atoms with Gasteiger partial charge in [0.2, 0.25) is 5.56 Å². The van der Waals surface area contributed by atoms with Crippen molar-refractivity contribution in [1.29, 1.82) is 0 Å². The largest absolute Gasteiger partial charge is 0.417 e. The van der Waals surface area contributed by atoms with Gasteiger partial charge < -0.3 is 24.8 Å². The Hall–Kier alpha value is -3.64. The highest BCUT2D eigenvalue weighted by molar-refractivity contribution is 6.07. The summed E-state index contributed by atoms with van der Waals surface area (Å²) >= 11 is 0. The van der Waals surface area contributed by atoms with Crippen LogP contribution in [-0.4, -0.2) is 79.2 Å². The van der Waals surface area contributed by atoms with E-state index in [1.54, 1.807) is 0 Å². The first-order valence-corrected chi connectivity index (χ1v) is 13.0. The SMILES string of the molecule is C=C1CN(c2cc(F)c(C3=CCN(C4COC4)CC3)cc2NC(=O)c2c[nH]c(=O)cc2C(F)(F)F)C[C@H](C)N1C. The number of piperazine rings is 1. The molecule has 0 radical (unpaired) electrons. The number of anilines is 2. The van der Waals surface area contributed by atoms with Crippen molar-refractivity contribution in [2.24, 2.45) is 0 Å². The lowest BCUT2D eigenvalue weighted by Crippen LogP contribution is -2.50. The number of aromatic nitrogens is 1. The first kappa shape index (κ1) is 27.9. The molecule has 3 aliphatic heterocycles. The fraction of sp³-hybridized carbons (Fsp3) is 0.429. The number of hydrogen-bond acceptors (Lipinski definition) is 6. The summed E-state index contributed by atoms with van der Waals surface area (Å²) in [5.74, 6) is -1.56. The third-order valence-corrected chi connectivity index (χ3v) is 7.89. The molecule has 0 saturated carbocycles. The van der Waals surface area contributed by atoms with Crippen LogP contribution < -0.4 is 15.8 Å². The van der Waals surface area contributed by atoms with Gasteiger partial charge in [0.15, 0.2) is 0 Å². The molecule has 2 aromatic rings. The molecular weight excluding hydrogens is 530 g/mol. The van der Waals surface area contributed by atoms with Gasteiger partial charge in [-0.2, -0.15) is 13.2 Å². The van der Waals surface area contributed by atoms with Gasteiger partial charge in [-0.1, -0.05) is 12.7 Å². The number of nitrogens with zero attached hydrogens (tertiary/aromatic N) is 3. The van der Waals surface area contributed by atoms with Crippen LogP contribution in [0.2, 0.25) is 0 Å². The van der Waals surface area contributed by atoms with E-state index in [1.807, 2.05) is 29.8 Å². The fourth-order valence-electron chi connectivity index (χ4n) is 5.28. The van der Waals surface area contributed by atoms with Gasteiger partial charge in [-0.25, -0.2) is 4.39 Å². The van der Waals surface area contributed by atoms with Crippen molar-refractivity contribution in [1.82, 2.24) is 14.8 Å². The molecule has 2 saturated heterocycles. The number of halogens is 4. The molecule has 40 heavy (non-hydrogen) atoms. The second-order valence-electron chi connectivity index (χ2n) is 10.5. The molecule has 0 aliphatic carbocycles. The number of nitrogens with one attached hydrogen (secondary N) is 2. The molecule has 2 N–H and O–H groups in total. The maximum absolute atomic E-state index is 15.7. The monoisotopic (exact) mass is 561 g/mol. The molecular formula is C28H31F4N5O3. The molecule has 2 fully saturated rings. The lowest BCUT2D eigenvalue weighted by molar-refractivity contribution is -0.138. The average Bonchev–Trinajstić information content (AvgIpc) is 2.86. The van der Waals surface area contributed by atoms with Crippen LogP contribution >= 0.6 is 0 Å². The van der Waals surface area contributed by atoms with Gasteiger partial charge in [-0.15, -0.1) is 0 Å². The van der Waals surface area contributed by atoms with Crippen LogP contribution in [0.4, 0.5) is 28.9 Å². The number of amides is 1. The lowest BCUT2D eigenvalue weighted by atomic mass is 9.96. The number of carbonyl (C=O) groups excluding carboxylic acids is 1. The average molecular weight is 562 g/mol. The Labute approximate surface area is 228 Å². The molecule has 0 unspecified atom stereocenters. The molecule has 0 spiro atoms. The number of benzene rings is 1. The first-order valence-electron chi connectivity index (χ1n) is 13.0. The van der Waals surface area contributed by atoms with Crippen molar-refractivity contribution >= 4 is 22.9 Å². The third kappa shape index (κ3) is 5.50. The zero-order chi connectivity index (χ0) is 28.8. The van der Waals surface area contributed by atoms with Crippen LogP contribution in [0, 0.1) is 5.82 Å². The number of H-pyrrole nitrogens is 1. The van der Waals surface area contributed by atoms with Crippen molar-refractivity contribution in [3.8, 4) is 0 Å². The van der Waals surface area contributed by atoms with Crippen molar-refractivity contribution in [2.75, 3.05) is 56.7 Å². The molecule has 1 atom stereocenters. The Bertz CT molecular complexity index is 1420. The van der Waals surface area contributed by atoms with E-state index in [4.69, 9.17) is 4.74 Å². The Kier molecular flexibility index (Phi) is 7.49. The zero-order valence-electron chi connectivity index (χ0n) is 22.3. The number of ether oxygens (including phenoxy) is 1. The molecule has 3 aliphatic rings. The fourth-order valence-corrected chi connectivity index (χ4v) is 5.28. The highest BCUT2D eigenvalue weighted by Gasteiger charge is 2.36. The van der Waals surface area contributed by atoms with E-state index in [1.165, 1.54) is 12.1 Å². The van der Waals surface area contributed by atoms with Gasteiger partial charge in [0.05, 0.1) is 48.3 Å². The molecule has 0 bridgehead atoms. The van der Waals surface area contributed by atoms with Crippen LogP contribution in [-0.2, 0) is 10.9 Å². The molecule has 8 nitrogen and oxygen atoms in total. The van der Waals surface area contributed by atoms with Crippen molar-refractivity contribution in [3.63, 3.8) is 0 Å². The van der Waals surface area contributed by atoms with Gasteiger partial charge in [0, 0.05) is 56.2 Å². The first-order chi connectivity index (χ1) is 18.9. The second kappa shape index (κ2) is 10.7. The number of aromatic amines is 1. The summed E-state index contributed by atoms with van der Waals surface area (Å²) in [5, 5.41) is 2.58. The predicted octanol–water partition coefficient (Wildman–Crippen LogP) is 3.93. The quantitative estimate of drug-likeness (QED) is 0.539. The molecule has 1 amide bonds. The highest BCUT2D eigenvalue weighted by Crippen LogP contribution is 2.37. The molecule has 5 rings (SSSR count). The van der Waals surface area contributed by atoms with E-state index in [0.717, 1.165) is 17.5 Å². The minimum absolute atomic E-state index is 0.0195. The summed E-state index contributed by atoms with van der Waals surface area (Å²) in [4.78, 5) is 33.1. The summed E-state index contributed by atoms with van der Waals surface area (Å²) < 4.78 is 62.0. The summed E-state index contributed by atoms with van der Waals surface area (Å²) in [6.07, 6.45) is -1.67. The lowest BCUT2D eigenvalue weighted by Gasteiger charge is -2.42. The van der Waals surface area contributed by atoms with Crippen LogP contribution in [0.25, 0.3) is 5.57 Å². The van der Waals surface area contributed by atoms with Gasteiger partial charge in [0.1, 0.15) is 5.82 Å². The predicted molar refractivity (Wildman–Crippen MR) is 144 cm³/mol. The number of alkyl halides is 3. The van der Waals surface area contributed by atoms with E-state index >= 15 is 4.39 Å². The number of likely N-dealkylation sites (N-methyl/N-ethyl adjacent to an activating group) is 1. The van der Waals surface area contributed by atoms with E-state index in [9.17, 15) is 22.8 Å². The Balaban J connectivity index is 1.52. The van der Waals surface area contributed by atoms with Crippen LogP contribution in [0.15, 0.2) is 47.5 Å². The summed E-state index contributed by atoms with van der Waals surface area (Å²) in [6.45, 7) is 9.54. The van der Waals surface area contributed by atoms with Gasteiger partial charge in [-0.3, -0.25) is 14.5 Å². The Morgan fingerprint density at radius 3 is 2.58 bits per heavy atom. The maximum atomic E-state index is 15.7. The van der Waals surface area contributed by atoms with E-state index < -0.39 is 34.6 Å². The normalized spacial score (nSPS) is 20.8. The summed E-state index contributed by atoms with van der Waals surface area (Å²) in [6, 6.07) is 3.52. The molecule has 214 valence electrons. The third-order valence-electron chi connectivity index (χ3n) is 7.89. The Morgan fingerprint density at radius 2 is 1.98 bits per heavy atom. The van der Waals surface area contributed by atoms with E-state index in [-0.39, 0.29) is 17.3 Å². The number of rotatable bonds is 5. The molecule has 4 heterocycles. The van der Waals surface area contributed by atoms with Crippen molar-refractivity contribution in [3.05, 3.63) is 75.6 Å². The molecule has 1 aromatic heterocycles. The van der Waals surface area contributed by atoms with E-state index in [0.29, 0.717) is 63.6 Å². The van der Waals surface area contributed by atoms with Crippen molar-refractivity contribution < 1.29 is 27.1 Å². The van der Waals surface area contributed by atoms with Gasteiger partial charge in [0.25, 0.3) is 5.91 Å². The van der Waals surface area contributed by atoms with Gasteiger partial charge in [-0.05, 0) is 31.1 Å². The Morgan fingerprint density at radius 1 is 1.23 bits per heavy atom. The minimum Gasteiger partial charge on any atom is -0.378 e. The number of carbonyl (C=O) groups is 1. The topological polar surface area (TPSA) is 80.9 Å². The molecule has 1 aromatic carbocycles. The van der Waals surface area contributed by atoms with Crippen LogP contribution in [0.3, 0.4) is 0 Å². The minimum atomic E-state index is -4.92. The van der Waals surface area contributed by atoms with E-state index in [2.05, 4.69) is 21.8 Å². The number of pyridine rings is 1. The summed E-state index contributed by atoms with van der Waals surface area (Å²) in [7, 11) is 1.90. The highest BCUT2D eigenvalue weighted by atomic mass is 19.4. The van der Waals surface area contributed by atoms with Crippen molar-refractivity contribution in [2.45, 2.75) is 31.6 Å². The summed E-state index contributed by atoms with van der Waals surface area (Å²) in [5.41, 5.74) is -0.765. The van der Waals surface area contributed by atoms with Crippen LogP contribution in [0.1, 0.15) is 34.8 Å². The smallest absolute Gasteiger partial charge is 0.378 e. The van der Waals surface area contributed by atoms with Crippen LogP contribution in [0.5, 0.6) is 0 Å². The molecule has 12 heteroatoms. The maximum Gasteiger partial charge on any atom is 0.417 e. The van der Waals surface area contributed by atoms with Gasteiger partial charge >= 0.3 is 6.18 Å². The second-order valence-corrected chi connectivity index (χ2v) is 10.5. The zero-order valence-corrected chi connectivity index (χ0v) is 22.3.